The van der Waals surface area contributed by atoms with Crippen molar-refractivity contribution in [2.24, 2.45) is 0 Å². The maximum absolute atomic E-state index is 12.5. The number of nitrogens with zero attached hydrogens (tertiary/aromatic N) is 3. The van der Waals surface area contributed by atoms with Gasteiger partial charge < -0.3 is 14.5 Å². The SMILES string of the molecule is CCc1cccc2c(C(C)=O)cn(CC(=O)NCCn3cnc(C)c3C)c12. The van der Waals surface area contributed by atoms with Gasteiger partial charge in [0, 0.05) is 35.9 Å². The molecule has 27 heavy (non-hydrogen) atoms. The summed E-state index contributed by atoms with van der Waals surface area (Å²) >= 11 is 0. The lowest BCUT2D eigenvalue weighted by molar-refractivity contribution is -0.121. The molecule has 0 radical (unpaired) electrons. The molecule has 0 aliphatic carbocycles. The Hall–Kier alpha value is -2.89. The number of carbonyl (C=O) groups is 2. The van der Waals surface area contributed by atoms with Crippen LogP contribution in [0.5, 0.6) is 0 Å². The number of benzene rings is 1. The Morgan fingerprint density at radius 2 is 1.96 bits per heavy atom. The molecule has 6 nitrogen and oxygen atoms in total. The van der Waals surface area contributed by atoms with Crippen molar-refractivity contribution in [3.63, 3.8) is 0 Å². The zero-order valence-electron chi connectivity index (χ0n) is 16.4. The Bertz CT molecular complexity index is 997. The van der Waals surface area contributed by atoms with Crippen molar-refractivity contribution in [2.45, 2.75) is 47.2 Å². The number of carbonyl (C=O) groups excluding carboxylic acids is 2. The predicted octanol–water partition coefficient (Wildman–Crippen LogP) is 3.04. The highest BCUT2D eigenvalue weighted by atomic mass is 16.2. The van der Waals surface area contributed by atoms with Gasteiger partial charge in [-0.05, 0) is 32.8 Å². The number of ketones is 1. The lowest BCUT2D eigenvalue weighted by atomic mass is 10.1. The van der Waals surface area contributed by atoms with Gasteiger partial charge in [0.2, 0.25) is 5.91 Å². The van der Waals surface area contributed by atoms with E-state index in [1.807, 2.05) is 41.2 Å². The van der Waals surface area contributed by atoms with Crippen molar-refractivity contribution in [3.05, 3.63) is 53.2 Å². The minimum atomic E-state index is -0.0672. The summed E-state index contributed by atoms with van der Waals surface area (Å²) in [5, 5.41) is 3.88. The molecule has 0 saturated heterocycles. The van der Waals surface area contributed by atoms with Gasteiger partial charge in [0.1, 0.15) is 6.54 Å². The second-order valence-electron chi connectivity index (χ2n) is 6.85. The van der Waals surface area contributed by atoms with Gasteiger partial charge in [0.25, 0.3) is 0 Å². The van der Waals surface area contributed by atoms with Crippen molar-refractivity contribution in [1.82, 2.24) is 19.4 Å². The van der Waals surface area contributed by atoms with Crippen LogP contribution in [-0.4, -0.2) is 32.4 Å². The number of hydrogen-bond acceptors (Lipinski definition) is 3. The first kappa shape index (κ1) is 18.9. The summed E-state index contributed by atoms with van der Waals surface area (Å²) in [5.41, 5.74) is 4.89. The molecule has 0 bridgehead atoms. The number of nitrogens with one attached hydrogen (secondary N) is 1. The highest BCUT2D eigenvalue weighted by molar-refractivity contribution is 6.07. The van der Waals surface area contributed by atoms with Crippen molar-refractivity contribution in [2.75, 3.05) is 6.54 Å². The Morgan fingerprint density at radius 1 is 1.19 bits per heavy atom. The zero-order valence-corrected chi connectivity index (χ0v) is 16.4. The van der Waals surface area contributed by atoms with E-state index in [4.69, 9.17) is 0 Å². The van der Waals surface area contributed by atoms with E-state index in [1.54, 1.807) is 19.4 Å². The van der Waals surface area contributed by atoms with Gasteiger partial charge in [0.05, 0.1) is 17.5 Å². The maximum atomic E-state index is 12.5. The minimum absolute atomic E-state index is 0.0124. The van der Waals surface area contributed by atoms with E-state index in [0.29, 0.717) is 18.7 Å². The summed E-state index contributed by atoms with van der Waals surface area (Å²) in [6.07, 6.45) is 4.44. The summed E-state index contributed by atoms with van der Waals surface area (Å²) in [4.78, 5) is 28.7. The number of amides is 1. The molecular weight excluding hydrogens is 340 g/mol. The quantitative estimate of drug-likeness (QED) is 0.654. The summed E-state index contributed by atoms with van der Waals surface area (Å²) in [6.45, 7) is 9.05. The third-order valence-corrected chi connectivity index (χ3v) is 5.08. The molecule has 0 unspecified atom stereocenters. The fourth-order valence-corrected chi connectivity index (χ4v) is 3.42. The number of imidazole rings is 1. The Balaban J connectivity index is 1.74. The molecule has 0 fully saturated rings. The number of Topliss-reactive ketones (excluding diaryl/α,β-unsaturated/α-hetero) is 1. The molecule has 0 atom stereocenters. The van der Waals surface area contributed by atoms with Crippen LogP contribution < -0.4 is 5.32 Å². The van der Waals surface area contributed by atoms with Crippen LogP contribution in [0.2, 0.25) is 0 Å². The van der Waals surface area contributed by atoms with Crippen LogP contribution in [0, 0.1) is 13.8 Å². The molecule has 0 aliphatic heterocycles. The van der Waals surface area contributed by atoms with E-state index in [1.165, 1.54) is 0 Å². The first-order valence-electron chi connectivity index (χ1n) is 9.29. The normalized spacial score (nSPS) is 11.1. The lowest BCUT2D eigenvalue weighted by Gasteiger charge is -2.10. The molecule has 1 aromatic carbocycles. The van der Waals surface area contributed by atoms with Crippen molar-refractivity contribution in [1.29, 1.82) is 0 Å². The van der Waals surface area contributed by atoms with E-state index in [2.05, 4.69) is 17.2 Å². The molecule has 0 saturated carbocycles. The molecule has 3 rings (SSSR count). The van der Waals surface area contributed by atoms with Gasteiger partial charge in [-0.2, -0.15) is 0 Å². The van der Waals surface area contributed by atoms with E-state index < -0.39 is 0 Å². The molecule has 2 aromatic heterocycles. The minimum Gasteiger partial charge on any atom is -0.353 e. The first-order valence-corrected chi connectivity index (χ1v) is 9.29. The zero-order chi connectivity index (χ0) is 19.6. The summed E-state index contributed by atoms with van der Waals surface area (Å²) in [5.74, 6) is -0.0548. The molecule has 2 heterocycles. The van der Waals surface area contributed by atoms with Gasteiger partial charge in [-0.1, -0.05) is 25.1 Å². The van der Waals surface area contributed by atoms with Gasteiger partial charge in [-0.15, -0.1) is 0 Å². The lowest BCUT2D eigenvalue weighted by Crippen LogP contribution is -2.30. The third-order valence-electron chi connectivity index (χ3n) is 5.08. The molecular formula is C21H26N4O2. The number of rotatable bonds is 7. The molecule has 1 N–H and O–H groups in total. The molecule has 6 heteroatoms. The average Bonchev–Trinajstić information content (AvgIpc) is 3.17. The topological polar surface area (TPSA) is 68.9 Å². The molecule has 1 amide bonds. The van der Waals surface area contributed by atoms with Crippen LogP contribution in [0.1, 0.15) is 41.2 Å². The second kappa shape index (κ2) is 7.78. The average molecular weight is 366 g/mol. The van der Waals surface area contributed by atoms with E-state index >= 15 is 0 Å². The number of para-hydroxylation sites is 1. The van der Waals surface area contributed by atoms with Crippen molar-refractivity contribution >= 4 is 22.6 Å². The van der Waals surface area contributed by atoms with Crippen LogP contribution in [0.3, 0.4) is 0 Å². The smallest absolute Gasteiger partial charge is 0.240 e. The van der Waals surface area contributed by atoms with Crippen LogP contribution in [0.4, 0.5) is 0 Å². The van der Waals surface area contributed by atoms with E-state index in [-0.39, 0.29) is 18.2 Å². The van der Waals surface area contributed by atoms with Gasteiger partial charge in [0.15, 0.2) is 5.78 Å². The summed E-state index contributed by atoms with van der Waals surface area (Å²) in [7, 11) is 0. The molecule has 0 spiro atoms. The number of hydrogen-bond donors (Lipinski definition) is 1. The Labute approximate surface area is 159 Å². The van der Waals surface area contributed by atoms with Gasteiger partial charge in [-0.3, -0.25) is 9.59 Å². The summed E-state index contributed by atoms with van der Waals surface area (Å²) in [6, 6.07) is 5.96. The van der Waals surface area contributed by atoms with E-state index in [0.717, 1.165) is 34.3 Å². The second-order valence-corrected chi connectivity index (χ2v) is 6.85. The van der Waals surface area contributed by atoms with Gasteiger partial charge in [-0.25, -0.2) is 4.98 Å². The third kappa shape index (κ3) is 3.79. The first-order chi connectivity index (χ1) is 12.9. The maximum Gasteiger partial charge on any atom is 0.240 e. The monoisotopic (exact) mass is 366 g/mol. The summed E-state index contributed by atoms with van der Waals surface area (Å²) < 4.78 is 3.93. The largest absolute Gasteiger partial charge is 0.353 e. The fourth-order valence-electron chi connectivity index (χ4n) is 3.42. The highest BCUT2D eigenvalue weighted by Gasteiger charge is 2.16. The predicted molar refractivity (Wildman–Crippen MR) is 106 cm³/mol. The van der Waals surface area contributed by atoms with Gasteiger partial charge >= 0.3 is 0 Å². The number of aromatic nitrogens is 3. The van der Waals surface area contributed by atoms with Crippen LogP contribution in [0.25, 0.3) is 10.9 Å². The molecule has 3 aromatic rings. The van der Waals surface area contributed by atoms with Crippen molar-refractivity contribution < 1.29 is 9.59 Å². The Morgan fingerprint density at radius 3 is 2.59 bits per heavy atom. The van der Waals surface area contributed by atoms with Crippen LogP contribution in [0.15, 0.2) is 30.7 Å². The standard InChI is InChI=1S/C21H26N4O2/c1-5-17-7-6-8-18-19(16(4)26)11-25(21(17)18)12-20(27)22-9-10-24-13-23-14(2)15(24)3/h6-8,11,13H,5,9-10,12H2,1-4H3,(H,22,27). The van der Waals surface area contributed by atoms with Crippen LogP contribution >= 0.6 is 0 Å². The number of aryl methyl sites for hydroxylation is 2. The van der Waals surface area contributed by atoms with E-state index in [9.17, 15) is 9.59 Å². The van der Waals surface area contributed by atoms with Crippen LogP contribution in [-0.2, 0) is 24.3 Å². The fraction of sp³-hybridized carbons (Fsp3) is 0.381. The molecule has 0 aliphatic rings. The number of fused-ring (bicyclic) bond motifs is 1. The van der Waals surface area contributed by atoms with Crippen molar-refractivity contribution in [3.8, 4) is 0 Å². The Kier molecular flexibility index (Phi) is 5.44. The highest BCUT2D eigenvalue weighted by Crippen LogP contribution is 2.25. The molecule has 142 valence electrons.